The van der Waals surface area contributed by atoms with Crippen molar-refractivity contribution in [3.05, 3.63) is 24.3 Å². The fourth-order valence-corrected chi connectivity index (χ4v) is 2.93. The Hall–Kier alpha value is -1.11. The molecule has 0 saturated heterocycles. The second-order valence-electron chi connectivity index (χ2n) is 5.09. The van der Waals surface area contributed by atoms with Gasteiger partial charge in [0.25, 0.3) is 0 Å². The molecule has 22 heavy (non-hydrogen) atoms. The van der Waals surface area contributed by atoms with Crippen LogP contribution in [0.15, 0.2) is 29.2 Å². The molecule has 0 aliphatic heterocycles. The summed E-state index contributed by atoms with van der Waals surface area (Å²) in [6.07, 6.45) is 4.06. The van der Waals surface area contributed by atoms with E-state index in [0.29, 0.717) is 12.2 Å². The van der Waals surface area contributed by atoms with Crippen LogP contribution in [-0.2, 0) is 14.8 Å². The van der Waals surface area contributed by atoms with E-state index in [1.165, 1.54) is 12.1 Å². The van der Waals surface area contributed by atoms with Crippen LogP contribution in [0.1, 0.15) is 39.5 Å². The Morgan fingerprint density at radius 2 is 1.82 bits per heavy atom. The largest absolute Gasteiger partial charge is 0.325 e. The number of carbonyl (C=O) groups excluding carboxylic acids is 1. The maximum Gasteiger partial charge on any atom is 0.242 e. The van der Waals surface area contributed by atoms with Gasteiger partial charge in [0, 0.05) is 12.2 Å². The van der Waals surface area contributed by atoms with Gasteiger partial charge in [-0.3, -0.25) is 4.79 Å². The first-order chi connectivity index (χ1) is 10.4. The SMILES string of the molecule is CCCCCCNS(=O)(=O)c1ccc(NC(=O)[C@H](C)Cl)cc1. The minimum absolute atomic E-state index is 0.180. The zero-order valence-corrected chi connectivity index (χ0v) is 14.5. The van der Waals surface area contributed by atoms with E-state index in [1.54, 1.807) is 19.1 Å². The van der Waals surface area contributed by atoms with Gasteiger partial charge in [-0.25, -0.2) is 13.1 Å². The molecule has 1 atom stereocenters. The van der Waals surface area contributed by atoms with Gasteiger partial charge in [0.2, 0.25) is 15.9 Å². The van der Waals surface area contributed by atoms with Gasteiger partial charge in [0.05, 0.1) is 4.90 Å². The van der Waals surface area contributed by atoms with Crippen LogP contribution in [0.25, 0.3) is 0 Å². The van der Waals surface area contributed by atoms with Gasteiger partial charge in [0.15, 0.2) is 0 Å². The molecule has 0 spiro atoms. The lowest BCUT2D eigenvalue weighted by Crippen LogP contribution is -2.25. The molecule has 0 unspecified atom stereocenters. The maximum absolute atomic E-state index is 12.1. The quantitative estimate of drug-likeness (QED) is 0.533. The highest BCUT2D eigenvalue weighted by Gasteiger charge is 2.14. The molecule has 124 valence electrons. The van der Waals surface area contributed by atoms with Gasteiger partial charge >= 0.3 is 0 Å². The van der Waals surface area contributed by atoms with Gasteiger partial charge < -0.3 is 5.32 Å². The van der Waals surface area contributed by atoms with Crippen molar-refractivity contribution in [1.29, 1.82) is 0 Å². The van der Waals surface area contributed by atoms with E-state index in [-0.39, 0.29) is 10.8 Å². The molecule has 0 aliphatic rings. The van der Waals surface area contributed by atoms with E-state index < -0.39 is 15.4 Å². The fraction of sp³-hybridized carbons (Fsp3) is 0.533. The molecule has 7 heteroatoms. The standard InChI is InChI=1S/C15H23ClN2O3S/c1-3-4-5-6-11-17-22(20,21)14-9-7-13(8-10-14)18-15(19)12(2)16/h7-10,12,17H,3-6,11H2,1-2H3,(H,18,19)/t12-/m0/s1. The molecule has 1 rings (SSSR count). The van der Waals surface area contributed by atoms with E-state index >= 15 is 0 Å². The van der Waals surface area contributed by atoms with Gasteiger partial charge in [0.1, 0.15) is 5.38 Å². The molecular formula is C15H23ClN2O3S. The van der Waals surface area contributed by atoms with Gasteiger partial charge in [-0.15, -0.1) is 11.6 Å². The highest BCUT2D eigenvalue weighted by atomic mass is 35.5. The van der Waals surface area contributed by atoms with Crippen molar-refractivity contribution >= 4 is 33.2 Å². The molecule has 0 radical (unpaired) electrons. The lowest BCUT2D eigenvalue weighted by Gasteiger charge is -2.09. The highest BCUT2D eigenvalue weighted by Crippen LogP contribution is 2.15. The van der Waals surface area contributed by atoms with E-state index in [9.17, 15) is 13.2 Å². The molecule has 5 nitrogen and oxygen atoms in total. The van der Waals surface area contributed by atoms with Gasteiger partial charge in [-0.1, -0.05) is 26.2 Å². The number of sulfonamides is 1. The molecule has 2 N–H and O–H groups in total. The number of unbranched alkanes of at least 4 members (excludes halogenated alkanes) is 3. The lowest BCUT2D eigenvalue weighted by atomic mass is 10.2. The number of hydrogen-bond donors (Lipinski definition) is 2. The molecular weight excluding hydrogens is 324 g/mol. The third kappa shape index (κ3) is 6.34. The van der Waals surface area contributed by atoms with E-state index in [2.05, 4.69) is 17.0 Å². The van der Waals surface area contributed by atoms with Crippen LogP contribution in [0.2, 0.25) is 0 Å². The number of alkyl halides is 1. The van der Waals surface area contributed by atoms with Gasteiger partial charge in [-0.2, -0.15) is 0 Å². The summed E-state index contributed by atoms with van der Waals surface area (Å²) in [5.41, 5.74) is 0.513. The first-order valence-corrected chi connectivity index (χ1v) is 9.33. The average molecular weight is 347 g/mol. The zero-order valence-electron chi connectivity index (χ0n) is 12.9. The monoisotopic (exact) mass is 346 g/mol. The van der Waals surface area contributed by atoms with Crippen LogP contribution in [0, 0.1) is 0 Å². The van der Waals surface area contributed by atoms with Crippen LogP contribution in [0.5, 0.6) is 0 Å². The lowest BCUT2D eigenvalue weighted by molar-refractivity contribution is -0.115. The molecule has 0 bridgehead atoms. The Bertz CT molecular complexity index is 571. The van der Waals surface area contributed by atoms with Crippen molar-refractivity contribution in [2.45, 2.75) is 49.8 Å². The Labute approximate surface area is 137 Å². The number of amides is 1. The number of hydrogen-bond acceptors (Lipinski definition) is 3. The molecule has 0 aliphatic carbocycles. The van der Waals surface area contributed by atoms with Crippen molar-refractivity contribution < 1.29 is 13.2 Å². The molecule has 1 amide bonds. The van der Waals surface area contributed by atoms with Crippen LogP contribution in [0.3, 0.4) is 0 Å². The highest BCUT2D eigenvalue weighted by molar-refractivity contribution is 7.89. The smallest absolute Gasteiger partial charge is 0.242 e. The summed E-state index contributed by atoms with van der Waals surface area (Å²) in [5, 5.41) is 1.96. The molecule has 0 heterocycles. The fourth-order valence-electron chi connectivity index (χ4n) is 1.80. The van der Waals surface area contributed by atoms with E-state index in [0.717, 1.165) is 25.7 Å². The normalized spacial score (nSPS) is 12.9. The van der Waals surface area contributed by atoms with Crippen molar-refractivity contribution in [2.75, 3.05) is 11.9 Å². The number of anilines is 1. The van der Waals surface area contributed by atoms with E-state index in [1.807, 2.05) is 0 Å². The van der Waals surface area contributed by atoms with Crippen molar-refractivity contribution in [3.63, 3.8) is 0 Å². The predicted octanol–water partition coefficient (Wildman–Crippen LogP) is 3.11. The number of carbonyl (C=O) groups is 1. The number of benzene rings is 1. The zero-order chi connectivity index (χ0) is 16.6. The molecule has 1 aromatic rings. The molecule has 0 aromatic heterocycles. The second kappa shape index (κ2) is 9.12. The second-order valence-corrected chi connectivity index (χ2v) is 7.51. The number of nitrogens with one attached hydrogen (secondary N) is 2. The molecule has 1 aromatic carbocycles. The van der Waals surface area contributed by atoms with Crippen LogP contribution < -0.4 is 10.0 Å². The molecule has 0 saturated carbocycles. The summed E-state index contributed by atoms with van der Waals surface area (Å²) < 4.78 is 26.8. The average Bonchev–Trinajstić information content (AvgIpc) is 2.47. The maximum atomic E-state index is 12.1. The first kappa shape index (κ1) is 18.9. The van der Waals surface area contributed by atoms with E-state index in [4.69, 9.17) is 11.6 Å². The summed E-state index contributed by atoms with van der Waals surface area (Å²) in [6, 6.07) is 6.01. The van der Waals surface area contributed by atoms with Crippen molar-refractivity contribution in [3.8, 4) is 0 Å². The summed E-state index contributed by atoms with van der Waals surface area (Å²) in [5.74, 6) is -0.327. The first-order valence-electron chi connectivity index (χ1n) is 7.41. The van der Waals surface area contributed by atoms with Crippen LogP contribution in [0.4, 0.5) is 5.69 Å². The Kier molecular flexibility index (Phi) is 7.85. The minimum Gasteiger partial charge on any atom is -0.325 e. The minimum atomic E-state index is -3.50. The summed E-state index contributed by atoms with van der Waals surface area (Å²) in [7, 11) is -3.50. The number of rotatable bonds is 9. The molecule has 0 fully saturated rings. The Balaban J connectivity index is 2.59. The topological polar surface area (TPSA) is 75.3 Å². The third-order valence-corrected chi connectivity index (χ3v) is 4.79. The van der Waals surface area contributed by atoms with Gasteiger partial charge in [-0.05, 0) is 37.6 Å². The summed E-state index contributed by atoms with van der Waals surface area (Å²) >= 11 is 5.66. The van der Waals surface area contributed by atoms with Crippen LogP contribution >= 0.6 is 11.6 Å². The van der Waals surface area contributed by atoms with Crippen LogP contribution in [-0.4, -0.2) is 26.2 Å². The predicted molar refractivity (Wildman–Crippen MR) is 89.7 cm³/mol. The third-order valence-electron chi connectivity index (χ3n) is 3.12. The Morgan fingerprint density at radius 3 is 2.36 bits per heavy atom. The van der Waals surface area contributed by atoms with Crippen molar-refractivity contribution in [2.24, 2.45) is 0 Å². The summed E-state index contributed by atoms with van der Waals surface area (Å²) in [6.45, 7) is 4.11. The summed E-state index contributed by atoms with van der Waals surface area (Å²) in [4.78, 5) is 11.6. The Morgan fingerprint density at radius 1 is 1.18 bits per heavy atom. The van der Waals surface area contributed by atoms with Crippen molar-refractivity contribution in [1.82, 2.24) is 4.72 Å². The number of halogens is 1.